The summed E-state index contributed by atoms with van der Waals surface area (Å²) in [6.45, 7) is 3.13. The Hall–Kier alpha value is -2.67. The van der Waals surface area contributed by atoms with Crippen molar-refractivity contribution in [1.29, 1.82) is 0 Å². The Kier molecular flexibility index (Phi) is 4.90. The van der Waals surface area contributed by atoms with Gasteiger partial charge in [-0.15, -0.1) is 11.3 Å². The molecule has 3 heterocycles. The number of carbonyl (C=O) groups excluding carboxylic acids is 1. The highest BCUT2D eigenvalue weighted by molar-refractivity contribution is 7.11. The van der Waals surface area contributed by atoms with Crippen LogP contribution in [0.15, 0.2) is 49.2 Å². The Morgan fingerprint density at radius 2 is 2.21 bits per heavy atom. The van der Waals surface area contributed by atoms with Crippen LogP contribution in [0.3, 0.4) is 0 Å². The quantitative estimate of drug-likeness (QED) is 0.776. The van der Waals surface area contributed by atoms with Crippen molar-refractivity contribution < 1.29 is 4.79 Å². The van der Waals surface area contributed by atoms with Crippen LogP contribution in [0.25, 0.3) is 5.82 Å². The van der Waals surface area contributed by atoms with Crippen LogP contribution in [-0.4, -0.2) is 32.5 Å². The molecule has 0 saturated carbocycles. The summed E-state index contributed by atoms with van der Waals surface area (Å²) in [5, 5.41) is 2.94. The highest BCUT2D eigenvalue weighted by Gasteiger charge is 2.10. The minimum atomic E-state index is -0.0953. The van der Waals surface area contributed by atoms with E-state index in [0.717, 1.165) is 11.4 Å². The smallest absolute Gasteiger partial charge is 0.317 e. The molecule has 3 aromatic rings. The summed E-state index contributed by atoms with van der Waals surface area (Å²) in [6, 6.07) is 7.86. The molecule has 1 N–H and O–H groups in total. The molecule has 0 unspecified atom stereocenters. The number of thiophene rings is 1. The topological polar surface area (TPSA) is 63.1 Å². The zero-order valence-corrected chi connectivity index (χ0v) is 14.5. The van der Waals surface area contributed by atoms with Gasteiger partial charge in [-0.1, -0.05) is 0 Å². The van der Waals surface area contributed by atoms with Crippen molar-refractivity contribution in [3.8, 4) is 5.82 Å². The first-order valence-corrected chi connectivity index (χ1v) is 8.41. The summed E-state index contributed by atoms with van der Waals surface area (Å²) in [5.74, 6) is 0.779. The molecule has 3 aromatic heterocycles. The van der Waals surface area contributed by atoms with Crippen LogP contribution in [-0.2, 0) is 13.1 Å². The summed E-state index contributed by atoms with van der Waals surface area (Å²) in [7, 11) is 1.80. The molecule has 0 aromatic carbocycles. The van der Waals surface area contributed by atoms with Crippen LogP contribution in [0.1, 0.15) is 15.3 Å². The maximum absolute atomic E-state index is 12.2. The second kappa shape index (κ2) is 7.27. The summed E-state index contributed by atoms with van der Waals surface area (Å²) in [4.78, 5) is 24.7. The van der Waals surface area contributed by atoms with Gasteiger partial charge in [0.15, 0.2) is 0 Å². The van der Waals surface area contributed by atoms with Gasteiger partial charge in [0.1, 0.15) is 12.1 Å². The Labute approximate surface area is 144 Å². The molecule has 0 atom stereocenters. The first-order valence-electron chi connectivity index (χ1n) is 7.59. The number of pyridine rings is 1. The van der Waals surface area contributed by atoms with E-state index in [1.807, 2.05) is 22.9 Å². The van der Waals surface area contributed by atoms with E-state index in [1.165, 1.54) is 9.75 Å². The van der Waals surface area contributed by atoms with E-state index < -0.39 is 0 Å². The Balaban J connectivity index is 1.57. The number of imidazole rings is 1. The number of urea groups is 1. The lowest BCUT2D eigenvalue weighted by Gasteiger charge is -2.17. The number of rotatable bonds is 5. The van der Waals surface area contributed by atoms with Crippen molar-refractivity contribution in [3.63, 3.8) is 0 Å². The molecule has 124 valence electrons. The molecule has 24 heavy (non-hydrogen) atoms. The standard InChI is InChI=1S/C17H19N5OS/c1-13-3-4-15(24-13)11-21(2)17(23)20-10-14-5-6-19-16(9-14)22-8-7-18-12-22/h3-9,12H,10-11H2,1-2H3,(H,20,23). The molecule has 3 rings (SSSR count). The highest BCUT2D eigenvalue weighted by Crippen LogP contribution is 2.16. The fourth-order valence-corrected chi connectivity index (χ4v) is 3.24. The van der Waals surface area contributed by atoms with Gasteiger partial charge in [-0.05, 0) is 36.8 Å². The van der Waals surface area contributed by atoms with E-state index in [9.17, 15) is 4.79 Å². The highest BCUT2D eigenvalue weighted by atomic mass is 32.1. The van der Waals surface area contributed by atoms with Crippen LogP contribution in [0.5, 0.6) is 0 Å². The van der Waals surface area contributed by atoms with Crippen LogP contribution < -0.4 is 5.32 Å². The molecule has 6 nitrogen and oxygen atoms in total. The Morgan fingerprint density at radius 3 is 2.92 bits per heavy atom. The lowest BCUT2D eigenvalue weighted by atomic mass is 10.2. The van der Waals surface area contributed by atoms with Crippen molar-refractivity contribution >= 4 is 17.4 Å². The van der Waals surface area contributed by atoms with Crippen molar-refractivity contribution in [2.75, 3.05) is 7.05 Å². The molecule has 7 heteroatoms. The predicted molar refractivity (Wildman–Crippen MR) is 94.1 cm³/mol. The van der Waals surface area contributed by atoms with E-state index >= 15 is 0 Å². The molecule has 0 aliphatic heterocycles. The number of nitrogens with zero attached hydrogens (tertiary/aromatic N) is 4. The number of nitrogens with one attached hydrogen (secondary N) is 1. The molecule has 0 saturated heterocycles. The summed E-state index contributed by atoms with van der Waals surface area (Å²) in [6.07, 6.45) is 6.97. The van der Waals surface area contributed by atoms with Gasteiger partial charge >= 0.3 is 6.03 Å². The molecule has 0 spiro atoms. The largest absolute Gasteiger partial charge is 0.334 e. The third-order valence-corrected chi connectivity index (χ3v) is 4.54. The molecule has 0 radical (unpaired) electrons. The predicted octanol–water partition coefficient (Wildman–Crippen LogP) is 2.98. The van der Waals surface area contributed by atoms with Gasteiger partial charge in [0.05, 0.1) is 6.54 Å². The normalized spacial score (nSPS) is 10.6. The fraction of sp³-hybridized carbons (Fsp3) is 0.235. The molecular weight excluding hydrogens is 322 g/mol. The first-order chi connectivity index (χ1) is 11.6. The number of carbonyl (C=O) groups is 1. The third-order valence-electron chi connectivity index (χ3n) is 3.56. The number of aromatic nitrogens is 3. The minimum absolute atomic E-state index is 0.0953. The van der Waals surface area contributed by atoms with E-state index in [2.05, 4.69) is 34.3 Å². The monoisotopic (exact) mass is 341 g/mol. The SMILES string of the molecule is Cc1ccc(CN(C)C(=O)NCc2ccnc(-n3ccnc3)c2)s1. The van der Waals surface area contributed by atoms with Crippen molar-refractivity contribution in [2.24, 2.45) is 0 Å². The maximum Gasteiger partial charge on any atom is 0.317 e. The van der Waals surface area contributed by atoms with E-state index in [4.69, 9.17) is 0 Å². The number of hydrogen-bond donors (Lipinski definition) is 1. The Bertz CT molecular complexity index is 812. The van der Waals surface area contributed by atoms with Crippen molar-refractivity contribution in [2.45, 2.75) is 20.0 Å². The molecule has 0 aliphatic carbocycles. The van der Waals surface area contributed by atoms with Gasteiger partial charge in [-0.3, -0.25) is 4.57 Å². The molecule has 0 aliphatic rings. The average molecular weight is 341 g/mol. The lowest BCUT2D eigenvalue weighted by Crippen LogP contribution is -2.36. The number of hydrogen-bond acceptors (Lipinski definition) is 4. The Morgan fingerprint density at radius 1 is 1.33 bits per heavy atom. The minimum Gasteiger partial charge on any atom is -0.334 e. The number of aryl methyl sites for hydroxylation is 1. The van der Waals surface area contributed by atoms with E-state index in [0.29, 0.717) is 13.1 Å². The van der Waals surface area contributed by atoms with Gasteiger partial charge in [0.2, 0.25) is 0 Å². The summed E-state index contributed by atoms with van der Waals surface area (Å²) >= 11 is 1.71. The molecule has 0 bridgehead atoms. The summed E-state index contributed by atoms with van der Waals surface area (Å²) in [5.41, 5.74) is 0.988. The van der Waals surface area contributed by atoms with Gasteiger partial charge in [-0.25, -0.2) is 14.8 Å². The second-order valence-corrected chi connectivity index (χ2v) is 6.89. The summed E-state index contributed by atoms with van der Waals surface area (Å²) < 4.78 is 1.83. The zero-order chi connectivity index (χ0) is 16.9. The zero-order valence-electron chi connectivity index (χ0n) is 13.6. The average Bonchev–Trinajstić information content (AvgIpc) is 3.25. The molecular formula is C17H19N5OS. The first kappa shape index (κ1) is 16.2. The van der Waals surface area contributed by atoms with Crippen LogP contribution in [0.2, 0.25) is 0 Å². The van der Waals surface area contributed by atoms with Gasteiger partial charge in [-0.2, -0.15) is 0 Å². The van der Waals surface area contributed by atoms with Gasteiger partial charge in [0.25, 0.3) is 0 Å². The van der Waals surface area contributed by atoms with Crippen LogP contribution in [0, 0.1) is 6.92 Å². The third kappa shape index (κ3) is 3.99. The van der Waals surface area contributed by atoms with E-state index in [1.54, 1.807) is 42.0 Å². The molecule has 2 amide bonds. The van der Waals surface area contributed by atoms with Gasteiger partial charge in [0, 0.05) is 41.9 Å². The second-order valence-electron chi connectivity index (χ2n) is 5.52. The maximum atomic E-state index is 12.2. The number of amides is 2. The van der Waals surface area contributed by atoms with Crippen molar-refractivity contribution in [1.82, 2.24) is 24.8 Å². The van der Waals surface area contributed by atoms with Gasteiger partial charge < -0.3 is 10.2 Å². The van der Waals surface area contributed by atoms with Crippen LogP contribution in [0.4, 0.5) is 4.79 Å². The fourth-order valence-electron chi connectivity index (χ4n) is 2.29. The van der Waals surface area contributed by atoms with Crippen LogP contribution >= 0.6 is 11.3 Å². The van der Waals surface area contributed by atoms with E-state index in [-0.39, 0.29) is 6.03 Å². The van der Waals surface area contributed by atoms with Crippen molar-refractivity contribution in [3.05, 3.63) is 64.5 Å². The lowest BCUT2D eigenvalue weighted by molar-refractivity contribution is 0.207. The molecule has 0 fully saturated rings.